The minimum absolute atomic E-state index is 0.0562. The van der Waals surface area contributed by atoms with Gasteiger partial charge in [0.15, 0.2) is 6.29 Å². The van der Waals surface area contributed by atoms with Crippen molar-refractivity contribution >= 4 is 5.97 Å². The predicted octanol–water partition coefficient (Wildman–Crippen LogP) is 0.00920. The molecule has 10 nitrogen and oxygen atoms in total. The number of carbonyl (C=O) groups excluding carboxylic acids is 1. The maximum Gasteiger partial charge on any atom is 0.334 e. The van der Waals surface area contributed by atoms with E-state index in [1.807, 2.05) is 6.08 Å². The molecule has 0 spiro atoms. The topological polar surface area (TPSA) is 166 Å². The summed E-state index contributed by atoms with van der Waals surface area (Å²) < 4.78 is 16.9. The summed E-state index contributed by atoms with van der Waals surface area (Å²) in [6.45, 7) is 1.80. The van der Waals surface area contributed by atoms with Gasteiger partial charge in [0.1, 0.15) is 24.9 Å². The Morgan fingerprint density at radius 2 is 1.79 bits per heavy atom. The molecule has 4 aliphatic carbocycles. The van der Waals surface area contributed by atoms with E-state index in [-0.39, 0.29) is 54.9 Å². The zero-order valence-electron chi connectivity index (χ0n) is 21.9. The molecule has 0 bridgehead atoms. The highest BCUT2D eigenvalue weighted by molar-refractivity contribution is 5.91. The molecule has 0 radical (unpaired) electrons. The van der Waals surface area contributed by atoms with Crippen LogP contribution in [-0.4, -0.2) is 98.3 Å². The third-order valence-corrected chi connectivity index (χ3v) is 11.3. The summed E-state index contributed by atoms with van der Waals surface area (Å²) in [7, 11) is 0. The number of rotatable bonds is 4. The lowest BCUT2D eigenvalue weighted by atomic mass is 9.44. The van der Waals surface area contributed by atoms with Crippen molar-refractivity contribution in [1.82, 2.24) is 0 Å². The highest BCUT2D eigenvalue weighted by atomic mass is 16.7. The van der Waals surface area contributed by atoms with E-state index in [1.165, 1.54) is 0 Å². The SMILES string of the molecule is C[C@@H]1O[C@H](O[C@H]2CC[C@@]3(CO)[C@@H](CC[C@H]4[C@H]3[C@@H](O)C[C@H]3[C@@H](C5=CCOC5=O)CC[C@]43O)C2)[C@@H](O)[C@H](O)[C@@H]1O. The second-order valence-corrected chi connectivity index (χ2v) is 12.8. The monoisotopic (exact) mass is 538 g/mol. The van der Waals surface area contributed by atoms with Crippen LogP contribution >= 0.6 is 0 Å². The Morgan fingerprint density at radius 3 is 2.50 bits per heavy atom. The van der Waals surface area contributed by atoms with Gasteiger partial charge in [-0.2, -0.15) is 0 Å². The molecule has 2 heterocycles. The molecule has 4 saturated carbocycles. The van der Waals surface area contributed by atoms with Crippen molar-refractivity contribution in [3.05, 3.63) is 11.6 Å². The minimum atomic E-state index is -1.37. The van der Waals surface area contributed by atoms with Crippen molar-refractivity contribution < 1.29 is 49.6 Å². The number of hydrogen-bond acceptors (Lipinski definition) is 10. The van der Waals surface area contributed by atoms with Gasteiger partial charge in [-0.25, -0.2) is 4.79 Å². The van der Waals surface area contributed by atoms with Crippen LogP contribution in [-0.2, 0) is 19.0 Å². The van der Waals surface area contributed by atoms with Crippen molar-refractivity contribution in [2.45, 2.75) is 107 Å². The molecule has 0 unspecified atom stereocenters. The summed E-state index contributed by atoms with van der Waals surface area (Å²) >= 11 is 0. The summed E-state index contributed by atoms with van der Waals surface area (Å²) in [4.78, 5) is 12.3. The van der Waals surface area contributed by atoms with E-state index in [0.717, 1.165) is 6.42 Å². The molecule has 6 rings (SSSR count). The fraction of sp³-hybridized carbons (Fsp3) is 0.893. The minimum Gasteiger partial charge on any atom is -0.458 e. The molecule has 214 valence electrons. The molecule has 14 atom stereocenters. The highest BCUT2D eigenvalue weighted by Crippen LogP contribution is 2.66. The quantitative estimate of drug-likeness (QED) is 0.212. The van der Waals surface area contributed by atoms with Gasteiger partial charge in [0, 0.05) is 17.6 Å². The fourth-order valence-corrected chi connectivity index (χ4v) is 9.48. The summed E-state index contributed by atoms with van der Waals surface area (Å²) in [5, 5.41) is 65.1. The van der Waals surface area contributed by atoms with Gasteiger partial charge in [-0.05, 0) is 94.0 Å². The molecule has 0 aromatic carbocycles. The number of aliphatic hydroxyl groups excluding tert-OH is 5. The molecule has 0 aromatic rings. The van der Waals surface area contributed by atoms with Gasteiger partial charge < -0.3 is 44.8 Å². The first kappa shape index (κ1) is 27.1. The van der Waals surface area contributed by atoms with Crippen LogP contribution < -0.4 is 0 Å². The molecule has 0 amide bonds. The number of carbonyl (C=O) groups is 1. The Morgan fingerprint density at radius 1 is 1.00 bits per heavy atom. The average molecular weight is 539 g/mol. The van der Waals surface area contributed by atoms with Crippen LogP contribution in [0.4, 0.5) is 0 Å². The van der Waals surface area contributed by atoms with E-state index in [9.17, 15) is 35.4 Å². The number of fused-ring (bicyclic) bond motifs is 5. The lowest BCUT2D eigenvalue weighted by molar-refractivity contribution is -0.312. The zero-order valence-corrected chi connectivity index (χ0v) is 21.9. The summed E-state index contributed by atoms with van der Waals surface area (Å²) in [6.07, 6.45) is 0.122. The highest BCUT2D eigenvalue weighted by Gasteiger charge is 2.67. The van der Waals surface area contributed by atoms with Crippen LogP contribution in [0.15, 0.2) is 11.6 Å². The van der Waals surface area contributed by atoms with Gasteiger partial charge in [-0.3, -0.25) is 0 Å². The maximum atomic E-state index is 12.3. The van der Waals surface area contributed by atoms with Crippen LogP contribution in [0.2, 0.25) is 0 Å². The summed E-state index contributed by atoms with van der Waals surface area (Å²) in [6, 6.07) is 0. The van der Waals surface area contributed by atoms with Crippen LogP contribution in [0, 0.1) is 35.0 Å². The smallest absolute Gasteiger partial charge is 0.334 e. The molecule has 6 aliphatic rings. The van der Waals surface area contributed by atoms with Crippen LogP contribution in [0.3, 0.4) is 0 Å². The molecule has 6 N–H and O–H groups in total. The molecule has 38 heavy (non-hydrogen) atoms. The number of esters is 1. The van der Waals surface area contributed by atoms with Crippen molar-refractivity contribution in [2.24, 2.45) is 35.0 Å². The van der Waals surface area contributed by atoms with Gasteiger partial charge >= 0.3 is 5.97 Å². The number of cyclic esters (lactones) is 1. The maximum absolute atomic E-state index is 12.3. The second kappa shape index (κ2) is 9.76. The van der Waals surface area contributed by atoms with E-state index in [0.29, 0.717) is 50.5 Å². The standard InChI is InChI=1S/C28H42O10/c1-13-22(31)23(32)24(33)26(37-13)38-15-4-7-27(12-29)14(10-15)2-3-18-21(27)20(30)11-19-16(5-8-28(18,19)35)17-6-9-36-25(17)34/h6,13-16,18-24,26,29-33,35H,2-5,7-12H2,1H3/t13-,14-,15-,16+,18-,19-,20-,21-,22+,23+,24-,26+,27+,28-/m0/s1. The largest absolute Gasteiger partial charge is 0.458 e. The van der Waals surface area contributed by atoms with Crippen molar-refractivity contribution in [3.63, 3.8) is 0 Å². The Labute approximate surface area is 222 Å². The van der Waals surface area contributed by atoms with E-state index in [1.54, 1.807) is 6.92 Å². The first-order chi connectivity index (χ1) is 18.1. The number of aliphatic hydroxyl groups is 6. The molecule has 2 aliphatic heterocycles. The van der Waals surface area contributed by atoms with E-state index >= 15 is 0 Å². The predicted molar refractivity (Wildman–Crippen MR) is 131 cm³/mol. The van der Waals surface area contributed by atoms with E-state index < -0.39 is 47.8 Å². The fourth-order valence-electron chi connectivity index (χ4n) is 9.48. The van der Waals surface area contributed by atoms with E-state index in [4.69, 9.17) is 14.2 Å². The van der Waals surface area contributed by atoms with E-state index in [2.05, 4.69) is 0 Å². The molecule has 5 fully saturated rings. The third-order valence-electron chi connectivity index (χ3n) is 11.3. The van der Waals surface area contributed by atoms with Crippen molar-refractivity contribution in [2.75, 3.05) is 13.2 Å². The summed E-state index contributed by atoms with van der Waals surface area (Å²) in [5.41, 5.74) is -0.910. The zero-order chi connectivity index (χ0) is 27.0. The van der Waals surface area contributed by atoms with Gasteiger partial charge in [-0.1, -0.05) is 0 Å². The third kappa shape index (κ3) is 3.94. The van der Waals surface area contributed by atoms with Crippen LogP contribution in [0.25, 0.3) is 0 Å². The lowest BCUT2D eigenvalue weighted by Gasteiger charge is -2.63. The van der Waals surface area contributed by atoms with Gasteiger partial charge in [-0.15, -0.1) is 0 Å². The van der Waals surface area contributed by atoms with Gasteiger partial charge in [0.05, 0.1) is 23.9 Å². The van der Waals surface area contributed by atoms with Gasteiger partial charge in [0.2, 0.25) is 0 Å². The Kier molecular flexibility index (Phi) is 6.96. The second-order valence-electron chi connectivity index (χ2n) is 12.8. The lowest BCUT2D eigenvalue weighted by Crippen LogP contribution is -2.65. The van der Waals surface area contributed by atoms with Crippen LogP contribution in [0.5, 0.6) is 0 Å². The Balaban J connectivity index is 1.19. The van der Waals surface area contributed by atoms with Crippen molar-refractivity contribution in [3.8, 4) is 0 Å². The first-order valence-corrected chi connectivity index (χ1v) is 14.3. The molecular weight excluding hydrogens is 496 g/mol. The molecule has 0 aromatic heterocycles. The summed E-state index contributed by atoms with van der Waals surface area (Å²) in [5.74, 6) is -1.01. The number of hydrogen-bond donors (Lipinski definition) is 6. The Bertz CT molecular complexity index is 956. The molecule has 10 heteroatoms. The molecule has 1 saturated heterocycles. The van der Waals surface area contributed by atoms with Crippen molar-refractivity contribution in [1.29, 1.82) is 0 Å². The average Bonchev–Trinajstić information content (AvgIpc) is 3.48. The number of ether oxygens (including phenoxy) is 3. The Hall–Kier alpha value is -1.11. The first-order valence-electron chi connectivity index (χ1n) is 14.3. The normalized spacial score (nSPS) is 54.5. The van der Waals surface area contributed by atoms with Gasteiger partial charge in [0.25, 0.3) is 0 Å². The van der Waals surface area contributed by atoms with Crippen LogP contribution in [0.1, 0.15) is 58.3 Å². The molecular formula is C28H42O10.